The zero-order valence-electron chi connectivity index (χ0n) is 10.5. The van der Waals surface area contributed by atoms with Gasteiger partial charge in [-0.2, -0.15) is 10.5 Å². The van der Waals surface area contributed by atoms with Crippen LogP contribution in [0.1, 0.15) is 5.56 Å². The number of hydrogen-bond acceptors (Lipinski definition) is 3. The summed E-state index contributed by atoms with van der Waals surface area (Å²) in [5.41, 5.74) is 7.65. The lowest BCUT2D eigenvalue weighted by Gasteiger charge is -1.93. The largest absolute Gasteiger partial charge is 0.389 e. The van der Waals surface area contributed by atoms with Crippen LogP contribution in [0, 0.1) is 22.7 Å². The van der Waals surface area contributed by atoms with E-state index < -0.39 is 0 Å². The third-order valence-electron chi connectivity index (χ3n) is 2.89. The normalized spacial score (nSPS) is 12.2. The molecule has 19 heavy (non-hydrogen) atoms. The second-order valence-corrected chi connectivity index (χ2v) is 4.10. The van der Waals surface area contributed by atoms with Crippen LogP contribution in [0.15, 0.2) is 47.8 Å². The molecule has 1 aromatic carbocycles. The predicted octanol–water partition coefficient (Wildman–Crippen LogP) is 2.45. The van der Waals surface area contributed by atoms with Gasteiger partial charge in [-0.25, -0.2) is 0 Å². The molecule has 0 spiro atoms. The van der Waals surface area contributed by atoms with Gasteiger partial charge in [0, 0.05) is 29.7 Å². The first-order valence-electron chi connectivity index (χ1n) is 5.69. The second kappa shape index (κ2) is 5.12. The Hall–Kier alpha value is -2.98. The van der Waals surface area contributed by atoms with Crippen LogP contribution in [0.2, 0.25) is 0 Å². The Morgan fingerprint density at radius 1 is 1.26 bits per heavy atom. The Balaban J connectivity index is 2.49. The number of nitriles is 2. The van der Waals surface area contributed by atoms with E-state index in [1.165, 1.54) is 0 Å². The van der Waals surface area contributed by atoms with Gasteiger partial charge in [0.2, 0.25) is 0 Å². The van der Waals surface area contributed by atoms with E-state index in [4.69, 9.17) is 16.3 Å². The van der Waals surface area contributed by atoms with Gasteiger partial charge >= 0.3 is 0 Å². The fourth-order valence-electron chi connectivity index (χ4n) is 1.93. The van der Waals surface area contributed by atoms with Crippen LogP contribution in [0.25, 0.3) is 17.0 Å². The maximum atomic E-state index is 8.93. The Labute approximate surface area is 111 Å². The molecule has 1 aromatic heterocycles. The first-order chi connectivity index (χ1) is 9.17. The van der Waals surface area contributed by atoms with E-state index in [9.17, 15) is 0 Å². The molecule has 0 saturated heterocycles. The van der Waals surface area contributed by atoms with Crippen molar-refractivity contribution in [3.63, 3.8) is 0 Å². The van der Waals surface area contributed by atoms with Crippen LogP contribution in [-0.4, -0.2) is 4.57 Å². The number of aryl methyl sites for hydroxylation is 1. The highest BCUT2D eigenvalue weighted by atomic mass is 14.9. The van der Waals surface area contributed by atoms with Crippen LogP contribution in [0.4, 0.5) is 0 Å². The van der Waals surface area contributed by atoms with Gasteiger partial charge in [0.05, 0.1) is 5.57 Å². The predicted molar refractivity (Wildman–Crippen MR) is 74.4 cm³/mol. The molecular formula is C15H12N4. The Kier molecular flexibility index (Phi) is 3.36. The second-order valence-electron chi connectivity index (χ2n) is 4.10. The van der Waals surface area contributed by atoms with E-state index in [2.05, 4.69) is 0 Å². The Bertz CT molecular complexity index is 764. The molecule has 92 valence electrons. The number of benzene rings is 1. The van der Waals surface area contributed by atoms with Gasteiger partial charge in [0.1, 0.15) is 17.8 Å². The lowest BCUT2D eigenvalue weighted by Crippen LogP contribution is -1.96. The molecule has 0 unspecified atom stereocenters. The minimum absolute atomic E-state index is 0.0704. The first-order valence-corrected chi connectivity index (χ1v) is 5.69. The molecule has 0 bridgehead atoms. The van der Waals surface area contributed by atoms with Gasteiger partial charge in [0.15, 0.2) is 0 Å². The van der Waals surface area contributed by atoms with Crippen LogP contribution in [-0.2, 0) is 7.05 Å². The molecule has 4 heteroatoms. The SMILES string of the molecule is Cn1cc(/C=C/C(C#N)=C(/N)C#N)c2ccccc21. The highest BCUT2D eigenvalue weighted by Crippen LogP contribution is 2.21. The summed E-state index contributed by atoms with van der Waals surface area (Å²) in [6, 6.07) is 11.7. The number of rotatable bonds is 2. The molecule has 2 N–H and O–H groups in total. The van der Waals surface area contributed by atoms with Crippen molar-refractivity contribution in [3.8, 4) is 12.1 Å². The van der Waals surface area contributed by atoms with Crippen molar-refractivity contribution in [1.82, 2.24) is 4.57 Å². The molecule has 0 aliphatic carbocycles. The number of para-hydroxylation sites is 1. The number of fused-ring (bicyclic) bond motifs is 1. The van der Waals surface area contributed by atoms with Gasteiger partial charge in [0.25, 0.3) is 0 Å². The average Bonchev–Trinajstić information content (AvgIpc) is 2.76. The lowest BCUT2D eigenvalue weighted by atomic mass is 10.1. The van der Waals surface area contributed by atoms with E-state index in [1.54, 1.807) is 18.2 Å². The molecule has 0 fully saturated rings. The third-order valence-corrected chi connectivity index (χ3v) is 2.89. The van der Waals surface area contributed by atoms with Crippen molar-refractivity contribution < 1.29 is 0 Å². The van der Waals surface area contributed by atoms with Crippen molar-refractivity contribution in [3.05, 3.63) is 53.4 Å². The highest BCUT2D eigenvalue weighted by molar-refractivity contribution is 5.89. The standard InChI is InChI=1S/C15H12N4/c1-19-10-12(13-4-2-3-5-15(13)19)7-6-11(8-16)14(18)9-17/h2-7,10H,18H2,1H3/b7-6+,14-11-. The van der Waals surface area contributed by atoms with Crippen LogP contribution >= 0.6 is 0 Å². The highest BCUT2D eigenvalue weighted by Gasteiger charge is 2.03. The number of allylic oxidation sites excluding steroid dienone is 3. The van der Waals surface area contributed by atoms with Crippen LogP contribution in [0.3, 0.4) is 0 Å². The summed E-state index contributed by atoms with van der Waals surface area (Å²) in [7, 11) is 1.96. The van der Waals surface area contributed by atoms with Gasteiger partial charge in [-0.1, -0.05) is 24.3 Å². The van der Waals surface area contributed by atoms with E-state index in [0.29, 0.717) is 0 Å². The molecule has 1 heterocycles. The topological polar surface area (TPSA) is 78.5 Å². The summed E-state index contributed by atoms with van der Waals surface area (Å²) < 4.78 is 2.01. The molecule has 0 aliphatic rings. The molecule has 0 atom stereocenters. The molecular weight excluding hydrogens is 236 g/mol. The minimum atomic E-state index is -0.0704. The molecule has 4 nitrogen and oxygen atoms in total. The molecule has 2 aromatic rings. The summed E-state index contributed by atoms with van der Waals surface area (Å²) in [6.07, 6.45) is 5.34. The summed E-state index contributed by atoms with van der Waals surface area (Å²) in [5.74, 6) is 0. The first kappa shape index (κ1) is 12.5. The molecule has 0 saturated carbocycles. The summed E-state index contributed by atoms with van der Waals surface area (Å²) in [6.45, 7) is 0. The molecule has 2 rings (SSSR count). The van der Waals surface area contributed by atoms with Crippen LogP contribution in [0.5, 0.6) is 0 Å². The maximum absolute atomic E-state index is 8.93. The zero-order valence-corrected chi connectivity index (χ0v) is 10.5. The minimum Gasteiger partial charge on any atom is -0.389 e. The maximum Gasteiger partial charge on any atom is 0.128 e. The van der Waals surface area contributed by atoms with E-state index >= 15 is 0 Å². The smallest absolute Gasteiger partial charge is 0.128 e. The van der Waals surface area contributed by atoms with Gasteiger partial charge in [-0.15, -0.1) is 0 Å². The van der Waals surface area contributed by atoms with Crippen molar-refractivity contribution in [2.45, 2.75) is 0 Å². The van der Waals surface area contributed by atoms with Crippen LogP contribution < -0.4 is 5.73 Å². The van der Waals surface area contributed by atoms with E-state index in [0.717, 1.165) is 16.5 Å². The fourth-order valence-corrected chi connectivity index (χ4v) is 1.93. The Morgan fingerprint density at radius 2 is 2.00 bits per heavy atom. The number of hydrogen-bond donors (Lipinski definition) is 1. The summed E-state index contributed by atoms with van der Waals surface area (Å²) in [5, 5.41) is 18.7. The number of aromatic nitrogens is 1. The number of nitrogens with zero attached hydrogens (tertiary/aromatic N) is 3. The van der Waals surface area contributed by atoms with Gasteiger partial charge in [-0.3, -0.25) is 0 Å². The average molecular weight is 248 g/mol. The monoisotopic (exact) mass is 248 g/mol. The zero-order chi connectivity index (χ0) is 13.8. The molecule has 0 amide bonds. The fraction of sp³-hybridized carbons (Fsp3) is 0.0667. The summed E-state index contributed by atoms with van der Waals surface area (Å²) >= 11 is 0. The third kappa shape index (κ3) is 2.34. The van der Waals surface area contributed by atoms with Crippen molar-refractivity contribution in [2.24, 2.45) is 12.8 Å². The number of nitrogens with two attached hydrogens (primary N) is 1. The quantitative estimate of drug-likeness (QED) is 0.655. The van der Waals surface area contributed by atoms with Crippen molar-refractivity contribution >= 4 is 17.0 Å². The Morgan fingerprint density at radius 3 is 2.68 bits per heavy atom. The van der Waals surface area contributed by atoms with Gasteiger partial charge < -0.3 is 10.3 Å². The van der Waals surface area contributed by atoms with E-state index in [1.807, 2.05) is 48.1 Å². The molecule has 0 radical (unpaired) electrons. The van der Waals surface area contributed by atoms with Gasteiger partial charge in [-0.05, 0) is 12.1 Å². The molecule has 0 aliphatic heterocycles. The van der Waals surface area contributed by atoms with Crippen molar-refractivity contribution in [2.75, 3.05) is 0 Å². The van der Waals surface area contributed by atoms with E-state index in [-0.39, 0.29) is 11.3 Å². The summed E-state index contributed by atoms with van der Waals surface area (Å²) in [4.78, 5) is 0. The van der Waals surface area contributed by atoms with Crippen molar-refractivity contribution in [1.29, 1.82) is 10.5 Å². The lowest BCUT2D eigenvalue weighted by molar-refractivity contribution is 0.968.